The van der Waals surface area contributed by atoms with Crippen LogP contribution in [0, 0.1) is 6.92 Å². The zero-order chi connectivity index (χ0) is 7.40. The van der Waals surface area contributed by atoms with E-state index in [1.807, 2.05) is 0 Å². The lowest BCUT2D eigenvalue weighted by atomic mass is 10.2. The van der Waals surface area contributed by atoms with E-state index in [1.165, 1.54) is 10.5 Å². The normalized spacial score (nSPS) is 9.80. The first kappa shape index (κ1) is 7.63. The average Bonchev–Trinajstić information content (AvgIpc) is 1.95. The van der Waals surface area contributed by atoms with Crippen molar-refractivity contribution in [3.05, 3.63) is 29.8 Å². The molecule has 0 amide bonds. The second kappa shape index (κ2) is 3.64. The zero-order valence-corrected chi connectivity index (χ0v) is 6.95. The molecule has 0 unspecified atom stereocenters. The lowest BCUT2D eigenvalue weighted by Gasteiger charge is -1.95. The highest BCUT2D eigenvalue weighted by Crippen LogP contribution is 2.15. The minimum Gasteiger partial charge on any atom is -0.349 e. The molecule has 0 saturated heterocycles. The van der Waals surface area contributed by atoms with Gasteiger partial charge in [-0.05, 0) is 19.1 Å². The van der Waals surface area contributed by atoms with Crippen LogP contribution in [-0.4, -0.2) is 5.88 Å². The monoisotopic (exact) mass is 154 g/mol. The number of hydrogen-bond donors (Lipinski definition) is 1. The summed E-state index contributed by atoms with van der Waals surface area (Å²) in [7, 11) is 0. The number of thioether (sulfide) groups is 1. The maximum Gasteiger partial charge on any atom is 0.125 e. The summed E-state index contributed by atoms with van der Waals surface area (Å²) in [5.74, 6) is 0.906. The summed E-state index contributed by atoms with van der Waals surface area (Å²) in [6.45, 7) is 2.10. The van der Waals surface area contributed by atoms with E-state index in [4.69, 9.17) is 0 Å². The minimum absolute atomic E-state index is 0.906. The van der Waals surface area contributed by atoms with Gasteiger partial charge in [0.15, 0.2) is 0 Å². The Morgan fingerprint density at radius 2 is 1.90 bits per heavy atom. The maximum absolute atomic E-state index is 3.77. The van der Waals surface area contributed by atoms with Gasteiger partial charge in [0.2, 0.25) is 0 Å². The first-order valence-corrected chi connectivity index (χ1v) is 4.30. The third-order valence-electron chi connectivity index (χ3n) is 1.29. The second-order valence-electron chi connectivity index (χ2n) is 2.16. The van der Waals surface area contributed by atoms with Gasteiger partial charge in [-0.3, -0.25) is 0 Å². The Kier molecular flexibility index (Phi) is 2.78. The van der Waals surface area contributed by atoms with Crippen LogP contribution in [-0.2, 0) is 0 Å². The summed E-state index contributed by atoms with van der Waals surface area (Å²) in [5, 5.41) is 0. The number of rotatable bonds is 2. The van der Waals surface area contributed by atoms with Crippen molar-refractivity contribution < 1.29 is 5.73 Å². The molecule has 0 bridgehead atoms. The Morgan fingerprint density at radius 1 is 1.30 bits per heavy atom. The van der Waals surface area contributed by atoms with Crippen LogP contribution in [0.5, 0.6) is 0 Å². The van der Waals surface area contributed by atoms with Gasteiger partial charge in [-0.1, -0.05) is 29.5 Å². The van der Waals surface area contributed by atoms with Crippen LogP contribution in [0.2, 0.25) is 0 Å². The quantitative estimate of drug-likeness (QED) is 0.504. The van der Waals surface area contributed by atoms with E-state index >= 15 is 0 Å². The number of quaternary nitrogens is 1. The van der Waals surface area contributed by atoms with Crippen LogP contribution >= 0.6 is 11.8 Å². The Balaban J connectivity index is 2.69. The van der Waals surface area contributed by atoms with Crippen molar-refractivity contribution in [2.24, 2.45) is 0 Å². The minimum atomic E-state index is 0.906. The van der Waals surface area contributed by atoms with E-state index < -0.39 is 0 Å². The number of aryl methyl sites for hydroxylation is 1. The van der Waals surface area contributed by atoms with Gasteiger partial charge in [0.05, 0.1) is 0 Å². The smallest absolute Gasteiger partial charge is 0.125 e. The van der Waals surface area contributed by atoms with Crippen LogP contribution < -0.4 is 5.73 Å². The summed E-state index contributed by atoms with van der Waals surface area (Å²) in [6.07, 6.45) is 0. The van der Waals surface area contributed by atoms with Gasteiger partial charge in [-0.25, -0.2) is 0 Å². The van der Waals surface area contributed by atoms with Crippen molar-refractivity contribution in [1.29, 1.82) is 0 Å². The molecule has 0 heterocycles. The van der Waals surface area contributed by atoms with Gasteiger partial charge >= 0.3 is 0 Å². The molecule has 1 rings (SSSR count). The predicted molar refractivity (Wildman–Crippen MR) is 44.8 cm³/mol. The molecular weight excluding hydrogens is 142 g/mol. The van der Waals surface area contributed by atoms with E-state index in [1.54, 1.807) is 11.8 Å². The molecule has 0 fully saturated rings. The zero-order valence-electron chi connectivity index (χ0n) is 6.13. The molecule has 1 aromatic rings. The molecule has 0 aliphatic heterocycles. The van der Waals surface area contributed by atoms with Crippen molar-refractivity contribution in [1.82, 2.24) is 0 Å². The highest BCUT2D eigenvalue weighted by molar-refractivity contribution is 7.99. The molecule has 0 radical (unpaired) electrons. The molecule has 0 aromatic heterocycles. The van der Waals surface area contributed by atoms with Crippen LogP contribution in [0.1, 0.15) is 5.56 Å². The first-order valence-electron chi connectivity index (χ1n) is 3.31. The third-order valence-corrected chi connectivity index (χ3v) is 2.10. The first-order chi connectivity index (χ1) is 4.83. The average molecular weight is 154 g/mol. The Hall–Kier alpha value is -0.470. The fraction of sp³-hybridized carbons (Fsp3) is 0.250. The van der Waals surface area contributed by atoms with Crippen molar-refractivity contribution >= 4 is 11.8 Å². The topological polar surface area (TPSA) is 27.6 Å². The summed E-state index contributed by atoms with van der Waals surface area (Å²) < 4.78 is 0. The van der Waals surface area contributed by atoms with E-state index in [9.17, 15) is 0 Å². The summed E-state index contributed by atoms with van der Waals surface area (Å²) in [4.78, 5) is 1.31. The Morgan fingerprint density at radius 3 is 2.40 bits per heavy atom. The summed E-state index contributed by atoms with van der Waals surface area (Å²) in [5.41, 5.74) is 5.08. The Labute approximate surface area is 65.6 Å². The molecule has 3 N–H and O–H groups in total. The predicted octanol–water partition coefficient (Wildman–Crippen LogP) is 1.29. The standard InChI is InChI=1S/C8H11NS/c1-7-2-4-8(5-3-7)10-6-9/h2-5H,6,9H2,1H3/p+1. The van der Waals surface area contributed by atoms with Crippen LogP contribution in [0.3, 0.4) is 0 Å². The molecule has 0 aliphatic carbocycles. The van der Waals surface area contributed by atoms with Gasteiger partial charge in [0.1, 0.15) is 5.88 Å². The summed E-state index contributed by atoms with van der Waals surface area (Å²) >= 11 is 1.77. The molecule has 0 aliphatic rings. The van der Waals surface area contributed by atoms with Gasteiger partial charge < -0.3 is 5.73 Å². The van der Waals surface area contributed by atoms with Crippen LogP contribution in [0.15, 0.2) is 29.2 Å². The molecule has 0 saturated carbocycles. The van der Waals surface area contributed by atoms with E-state index in [0.717, 1.165) is 5.88 Å². The number of benzene rings is 1. The molecular formula is C8H12NS+. The van der Waals surface area contributed by atoms with E-state index in [0.29, 0.717) is 0 Å². The molecule has 0 spiro atoms. The fourth-order valence-corrected chi connectivity index (χ4v) is 1.32. The van der Waals surface area contributed by atoms with Crippen molar-refractivity contribution in [3.8, 4) is 0 Å². The van der Waals surface area contributed by atoms with Crippen molar-refractivity contribution in [3.63, 3.8) is 0 Å². The van der Waals surface area contributed by atoms with E-state index in [2.05, 4.69) is 36.9 Å². The third kappa shape index (κ3) is 2.05. The molecule has 0 atom stereocenters. The SMILES string of the molecule is Cc1ccc(SC[NH3+])cc1. The fourth-order valence-electron chi connectivity index (χ4n) is 0.752. The van der Waals surface area contributed by atoms with Gasteiger partial charge in [0, 0.05) is 4.90 Å². The number of hydrogen-bond acceptors (Lipinski definition) is 1. The summed E-state index contributed by atoms with van der Waals surface area (Å²) in [6, 6.07) is 8.51. The highest BCUT2D eigenvalue weighted by Gasteiger charge is 1.90. The molecule has 1 aromatic carbocycles. The highest BCUT2D eigenvalue weighted by atomic mass is 32.2. The maximum atomic E-state index is 3.77. The molecule has 2 heteroatoms. The molecule has 10 heavy (non-hydrogen) atoms. The van der Waals surface area contributed by atoms with Crippen molar-refractivity contribution in [2.45, 2.75) is 11.8 Å². The van der Waals surface area contributed by atoms with Gasteiger partial charge in [0.25, 0.3) is 0 Å². The van der Waals surface area contributed by atoms with E-state index in [-0.39, 0.29) is 0 Å². The lowest BCUT2D eigenvalue weighted by molar-refractivity contribution is -0.338. The largest absolute Gasteiger partial charge is 0.349 e. The van der Waals surface area contributed by atoms with Crippen LogP contribution in [0.4, 0.5) is 0 Å². The van der Waals surface area contributed by atoms with Crippen molar-refractivity contribution in [2.75, 3.05) is 5.88 Å². The molecule has 1 nitrogen and oxygen atoms in total. The molecule has 54 valence electrons. The lowest BCUT2D eigenvalue weighted by Crippen LogP contribution is -2.48. The van der Waals surface area contributed by atoms with Gasteiger partial charge in [-0.15, -0.1) is 0 Å². The van der Waals surface area contributed by atoms with Crippen LogP contribution in [0.25, 0.3) is 0 Å². The second-order valence-corrected chi connectivity index (χ2v) is 3.33. The van der Waals surface area contributed by atoms with Gasteiger partial charge in [-0.2, -0.15) is 0 Å². The Bertz CT molecular complexity index is 193.